The van der Waals surface area contributed by atoms with Crippen LogP contribution in [-0.2, 0) is 11.2 Å². The summed E-state index contributed by atoms with van der Waals surface area (Å²) in [6.07, 6.45) is 2.56. The molecule has 0 amide bonds. The first kappa shape index (κ1) is 7.97. The van der Waals surface area contributed by atoms with Crippen LogP contribution in [0, 0.1) is 5.82 Å². The lowest BCUT2D eigenvalue weighted by atomic mass is 10.1. The lowest BCUT2D eigenvalue weighted by molar-refractivity contribution is -0.905. The quantitative estimate of drug-likeness (QED) is 0.352. The summed E-state index contributed by atoms with van der Waals surface area (Å²) in [6.45, 7) is 0.231. The summed E-state index contributed by atoms with van der Waals surface area (Å²) < 4.78 is 18.4. The van der Waals surface area contributed by atoms with E-state index in [9.17, 15) is 9.18 Å². The molecule has 0 radical (unpaired) electrons. The van der Waals surface area contributed by atoms with Gasteiger partial charge in [-0.25, -0.2) is 4.79 Å². The molecule has 0 spiro atoms. The summed E-state index contributed by atoms with van der Waals surface area (Å²) in [5.41, 5.74) is 0.398. The van der Waals surface area contributed by atoms with Gasteiger partial charge in [0, 0.05) is 16.7 Å². The van der Waals surface area contributed by atoms with E-state index < -0.39 is 11.8 Å². The number of rotatable bonds is 0. The van der Waals surface area contributed by atoms with Gasteiger partial charge in [0.25, 0.3) is 6.20 Å². The van der Waals surface area contributed by atoms with E-state index in [-0.39, 0.29) is 12.2 Å². The van der Waals surface area contributed by atoms with Crippen molar-refractivity contribution in [3.05, 3.63) is 29.3 Å². The molecule has 2 rings (SSSR count). The SMILES string of the molecule is O=C1OCCc2c[n+](O)cc(F)c21. The van der Waals surface area contributed by atoms with Crippen LogP contribution >= 0.6 is 0 Å². The fourth-order valence-electron chi connectivity index (χ4n) is 1.34. The van der Waals surface area contributed by atoms with Gasteiger partial charge < -0.3 is 4.74 Å². The number of fused-ring (bicyclic) bond motifs is 1. The maximum atomic E-state index is 13.1. The number of pyridine rings is 1. The van der Waals surface area contributed by atoms with Crippen molar-refractivity contribution < 1.29 is 23.9 Å². The fraction of sp³-hybridized carbons (Fsp3) is 0.250. The van der Waals surface area contributed by atoms with E-state index in [0.29, 0.717) is 16.7 Å². The topological polar surface area (TPSA) is 50.4 Å². The minimum Gasteiger partial charge on any atom is -0.462 e. The predicted molar refractivity (Wildman–Crippen MR) is 37.8 cm³/mol. The number of hydrogen-bond donors (Lipinski definition) is 1. The lowest BCUT2D eigenvalue weighted by Gasteiger charge is -2.12. The Labute approximate surface area is 73.1 Å². The maximum absolute atomic E-state index is 13.1. The average Bonchev–Trinajstić information content (AvgIpc) is 2.02. The normalized spacial score (nSPS) is 15.0. The molecule has 1 N–H and O–H groups in total. The van der Waals surface area contributed by atoms with Crippen molar-refractivity contribution in [2.24, 2.45) is 0 Å². The molecule has 13 heavy (non-hydrogen) atoms. The molecular weight excluding hydrogens is 177 g/mol. The van der Waals surface area contributed by atoms with Gasteiger partial charge in [-0.1, -0.05) is 0 Å². The Bertz CT molecular complexity index is 378. The minimum atomic E-state index is -0.760. The largest absolute Gasteiger partial charge is 0.462 e. The minimum absolute atomic E-state index is 0.0726. The van der Waals surface area contributed by atoms with Crippen LogP contribution in [-0.4, -0.2) is 17.8 Å². The monoisotopic (exact) mass is 184 g/mol. The second-order valence-corrected chi connectivity index (χ2v) is 2.77. The molecule has 0 atom stereocenters. The molecule has 1 aliphatic heterocycles. The summed E-state index contributed by atoms with van der Waals surface area (Å²) in [6, 6.07) is 0. The number of halogens is 1. The van der Waals surface area contributed by atoms with Crippen LogP contribution in [0.4, 0.5) is 4.39 Å². The number of cyclic esters (lactones) is 1. The van der Waals surface area contributed by atoms with Crippen LogP contribution in [0.15, 0.2) is 12.4 Å². The summed E-state index contributed by atoms with van der Waals surface area (Å²) in [5.74, 6) is -1.43. The Hall–Kier alpha value is -1.65. The molecule has 1 aliphatic rings. The van der Waals surface area contributed by atoms with Crippen LogP contribution in [0.2, 0.25) is 0 Å². The molecule has 0 bridgehead atoms. The first-order valence-electron chi connectivity index (χ1n) is 3.78. The summed E-state index contributed by atoms with van der Waals surface area (Å²) >= 11 is 0. The standard InChI is InChI=1S/C8H7FNO3/c9-6-4-10(12)3-5-1-2-13-8(11)7(5)6/h3-4,12H,1-2H2/q+1. The van der Waals surface area contributed by atoms with Gasteiger partial charge in [0.2, 0.25) is 12.0 Å². The van der Waals surface area contributed by atoms with E-state index >= 15 is 0 Å². The number of esters is 1. The number of hydrogen-bond acceptors (Lipinski definition) is 3. The zero-order valence-corrected chi connectivity index (χ0v) is 6.66. The first-order chi connectivity index (χ1) is 6.18. The maximum Gasteiger partial charge on any atom is 0.341 e. The molecular formula is C8H7FNO3+. The summed E-state index contributed by atoms with van der Waals surface area (Å²) in [4.78, 5) is 11.1. The molecule has 68 valence electrons. The Kier molecular flexibility index (Phi) is 1.65. The zero-order valence-electron chi connectivity index (χ0n) is 6.66. The summed E-state index contributed by atoms with van der Waals surface area (Å²) in [5, 5.41) is 8.98. The van der Waals surface area contributed by atoms with Crippen LogP contribution in [0.1, 0.15) is 15.9 Å². The van der Waals surface area contributed by atoms with Crippen molar-refractivity contribution in [3.8, 4) is 0 Å². The van der Waals surface area contributed by atoms with Gasteiger partial charge >= 0.3 is 5.97 Å². The van der Waals surface area contributed by atoms with Crippen LogP contribution in [0.5, 0.6) is 0 Å². The van der Waals surface area contributed by atoms with Crippen LogP contribution in [0.25, 0.3) is 0 Å². The van der Waals surface area contributed by atoms with Crippen molar-refractivity contribution in [1.82, 2.24) is 0 Å². The third-order valence-electron chi connectivity index (χ3n) is 1.90. The van der Waals surface area contributed by atoms with Gasteiger partial charge in [0.15, 0.2) is 0 Å². The van der Waals surface area contributed by atoms with E-state index in [1.807, 2.05) is 0 Å². The zero-order chi connectivity index (χ0) is 9.42. The average molecular weight is 184 g/mol. The third kappa shape index (κ3) is 1.22. The van der Waals surface area contributed by atoms with Crippen molar-refractivity contribution in [1.29, 1.82) is 0 Å². The van der Waals surface area contributed by atoms with Gasteiger partial charge in [0.1, 0.15) is 5.56 Å². The van der Waals surface area contributed by atoms with E-state index in [1.54, 1.807) is 0 Å². The van der Waals surface area contributed by atoms with Gasteiger partial charge in [-0.3, -0.25) is 5.21 Å². The molecule has 0 saturated carbocycles. The van der Waals surface area contributed by atoms with E-state index in [4.69, 9.17) is 5.21 Å². The molecule has 0 unspecified atom stereocenters. The number of aromatic nitrogens is 1. The molecule has 0 fully saturated rings. The number of nitrogens with zero attached hydrogens (tertiary/aromatic N) is 1. The smallest absolute Gasteiger partial charge is 0.341 e. The number of carbonyl (C=O) groups excluding carboxylic acids is 1. The van der Waals surface area contributed by atoms with Gasteiger partial charge in [0.05, 0.1) is 6.61 Å². The van der Waals surface area contributed by atoms with Crippen molar-refractivity contribution >= 4 is 5.97 Å². The molecule has 0 aliphatic carbocycles. The van der Waals surface area contributed by atoms with E-state index in [1.165, 1.54) is 6.20 Å². The van der Waals surface area contributed by atoms with Crippen molar-refractivity contribution in [2.75, 3.05) is 6.61 Å². The summed E-state index contributed by atoms with van der Waals surface area (Å²) in [7, 11) is 0. The highest BCUT2D eigenvalue weighted by atomic mass is 19.1. The highest BCUT2D eigenvalue weighted by Crippen LogP contribution is 2.17. The molecule has 0 saturated heterocycles. The highest BCUT2D eigenvalue weighted by molar-refractivity contribution is 5.91. The number of carbonyl (C=O) groups is 1. The second-order valence-electron chi connectivity index (χ2n) is 2.77. The predicted octanol–water partition coefficient (Wildman–Crippen LogP) is 0.0634. The third-order valence-corrected chi connectivity index (χ3v) is 1.90. The Morgan fingerprint density at radius 2 is 2.31 bits per heavy atom. The van der Waals surface area contributed by atoms with Gasteiger partial charge in [-0.2, -0.15) is 4.39 Å². The van der Waals surface area contributed by atoms with Crippen molar-refractivity contribution in [2.45, 2.75) is 6.42 Å². The van der Waals surface area contributed by atoms with Gasteiger partial charge in [-0.15, -0.1) is 0 Å². The Morgan fingerprint density at radius 3 is 3.08 bits per heavy atom. The molecule has 1 aromatic heterocycles. The number of ether oxygens (including phenoxy) is 1. The van der Waals surface area contributed by atoms with E-state index in [0.717, 1.165) is 6.20 Å². The van der Waals surface area contributed by atoms with E-state index in [2.05, 4.69) is 4.74 Å². The van der Waals surface area contributed by atoms with Crippen molar-refractivity contribution in [3.63, 3.8) is 0 Å². The molecule has 4 nitrogen and oxygen atoms in total. The molecule has 1 aromatic rings. The Morgan fingerprint density at radius 1 is 1.54 bits per heavy atom. The highest BCUT2D eigenvalue weighted by Gasteiger charge is 2.27. The molecule has 5 heteroatoms. The van der Waals surface area contributed by atoms with Gasteiger partial charge in [-0.05, 0) is 0 Å². The molecule has 0 aromatic carbocycles. The second kappa shape index (κ2) is 2.69. The molecule has 2 heterocycles. The fourth-order valence-corrected chi connectivity index (χ4v) is 1.34. The lowest BCUT2D eigenvalue weighted by Crippen LogP contribution is -2.34. The van der Waals surface area contributed by atoms with Crippen LogP contribution in [0.3, 0.4) is 0 Å². The Balaban J connectivity index is 2.63. The first-order valence-corrected chi connectivity index (χ1v) is 3.78. The van der Waals surface area contributed by atoms with Crippen LogP contribution < -0.4 is 4.73 Å².